The molecule has 1 aromatic carbocycles. The molecule has 0 saturated carbocycles. The van der Waals surface area contributed by atoms with Crippen LogP contribution in [0.2, 0.25) is 0 Å². The second-order valence-corrected chi connectivity index (χ2v) is 10.8. The number of hydrazone groups is 1. The van der Waals surface area contributed by atoms with E-state index in [1.807, 2.05) is 52.0 Å². The van der Waals surface area contributed by atoms with E-state index in [1.165, 1.54) is 12.3 Å². The number of hydroxylamine groups is 2. The van der Waals surface area contributed by atoms with Crippen molar-refractivity contribution in [3.63, 3.8) is 0 Å². The summed E-state index contributed by atoms with van der Waals surface area (Å²) in [5.74, 6) is -0.153. The Hall–Kier alpha value is -4.00. The van der Waals surface area contributed by atoms with E-state index in [1.54, 1.807) is 28.4 Å². The van der Waals surface area contributed by atoms with Gasteiger partial charge in [0, 0.05) is 38.5 Å². The molecule has 1 aliphatic rings. The molecule has 0 spiro atoms. The Morgan fingerprint density at radius 3 is 2.71 bits per heavy atom. The molecule has 1 saturated heterocycles. The second-order valence-electron chi connectivity index (χ2n) is 10.8. The smallest absolute Gasteiger partial charge is 0.201 e. The molecule has 1 aromatic heterocycles. The number of piperidine rings is 1. The van der Waals surface area contributed by atoms with Crippen LogP contribution in [0.3, 0.4) is 0 Å². The molecule has 3 rings (SSSR count). The number of benzene rings is 1. The fourth-order valence-corrected chi connectivity index (χ4v) is 3.80. The minimum atomic E-state index is -1.55. The van der Waals surface area contributed by atoms with E-state index in [-0.39, 0.29) is 37.4 Å². The molecule has 0 unspecified atom stereocenters. The molecule has 12 heteroatoms. The highest BCUT2D eigenvalue weighted by Crippen LogP contribution is 2.28. The van der Waals surface area contributed by atoms with E-state index in [0.29, 0.717) is 24.5 Å². The monoisotopic (exact) mass is 581 g/mol. The molecule has 2 N–H and O–H groups in total. The van der Waals surface area contributed by atoms with Crippen LogP contribution in [-0.2, 0) is 32.4 Å². The van der Waals surface area contributed by atoms with Crippen molar-refractivity contribution in [1.82, 2.24) is 14.8 Å². The van der Waals surface area contributed by atoms with Crippen LogP contribution in [0, 0.1) is 5.41 Å². The van der Waals surface area contributed by atoms with Gasteiger partial charge in [-0.3, -0.25) is 19.9 Å². The summed E-state index contributed by atoms with van der Waals surface area (Å²) in [4.78, 5) is 27.3. The molecule has 0 atom stereocenters. The van der Waals surface area contributed by atoms with Gasteiger partial charge in [-0.05, 0) is 63.8 Å². The number of nitrogens with zero attached hydrogens (tertiary/aromatic N) is 5. The number of carbonyl (C=O) groups excluding carboxylic acids is 1. The first kappa shape index (κ1) is 32.5. The largest absolute Gasteiger partial charge is 0.487 e. The van der Waals surface area contributed by atoms with E-state index in [9.17, 15) is 4.79 Å². The fourth-order valence-electron chi connectivity index (χ4n) is 3.80. The number of aliphatic imine (C=N–C) groups is 1. The van der Waals surface area contributed by atoms with Crippen molar-refractivity contribution < 1.29 is 23.8 Å². The lowest BCUT2D eigenvalue weighted by Gasteiger charge is -2.35. The summed E-state index contributed by atoms with van der Waals surface area (Å²) in [5.41, 5.74) is 3.45. The van der Waals surface area contributed by atoms with Gasteiger partial charge in [0.05, 0.1) is 29.9 Å². The number of anilines is 1. The summed E-state index contributed by atoms with van der Waals surface area (Å²) >= 11 is 0. The number of halogens is 1. The number of ether oxygens (including phenoxy) is 1. The van der Waals surface area contributed by atoms with E-state index in [4.69, 9.17) is 20.0 Å². The highest BCUT2D eigenvalue weighted by atomic mass is 19.1. The Labute approximate surface area is 246 Å². The third-order valence-electron chi connectivity index (χ3n) is 6.15. The van der Waals surface area contributed by atoms with Crippen LogP contribution in [0.25, 0.3) is 0 Å². The molecule has 0 amide bonds. The lowest BCUT2D eigenvalue weighted by molar-refractivity contribution is -0.465. The fraction of sp³-hybridized carbons (Fsp3) is 0.433. The van der Waals surface area contributed by atoms with Gasteiger partial charge in [-0.1, -0.05) is 24.8 Å². The molecule has 42 heavy (non-hydrogen) atoms. The minimum Gasteiger partial charge on any atom is -0.487 e. The molecule has 11 nitrogen and oxygen atoms in total. The van der Waals surface area contributed by atoms with Crippen LogP contribution in [0.5, 0.6) is 0 Å². The average molecular weight is 582 g/mol. The quantitative estimate of drug-likeness (QED) is 0.0990. The van der Waals surface area contributed by atoms with E-state index in [2.05, 4.69) is 27.2 Å². The molecule has 0 aliphatic carbocycles. The van der Waals surface area contributed by atoms with Crippen molar-refractivity contribution in [1.29, 1.82) is 5.41 Å². The van der Waals surface area contributed by atoms with Crippen molar-refractivity contribution in [2.45, 2.75) is 64.8 Å². The van der Waals surface area contributed by atoms with Crippen LogP contribution in [0.4, 0.5) is 10.1 Å². The summed E-state index contributed by atoms with van der Waals surface area (Å²) in [7, 11) is 0. The SMILES string of the molecule is C=CC(=O)/C(Cc1cccc(C=N/C=C(\C=N)OCC2(F)CCN(OOC(C)(C)C)CC2)c1)=N\Nc1cnn(CC)c1. The van der Waals surface area contributed by atoms with Crippen molar-refractivity contribution >= 4 is 29.6 Å². The molecule has 1 fully saturated rings. The number of rotatable bonds is 15. The Bertz CT molecular complexity index is 1300. The van der Waals surface area contributed by atoms with Gasteiger partial charge in [0.25, 0.3) is 0 Å². The number of ketones is 1. The lowest BCUT2D eigenvalue weighted by atomic mass is 9.95. The van der Waals surface area contributed by atoms with E-state index < -0.39 is 11.3 Å². The Kier molecular flexibility index (Phi) is 11.8. The highest BCUT2D eigenvalue weighted by Gasteiger charge is 2.36. The van der Waals surface area contributed by atoms with Gasteiger partial charge in [-0.2, -0.15) is 15.3 Å². The number of aryl methyl sites for hydroxylation is 1. The number of allylic oxidation sites excluding steroid dienone is 2. The zero-order valence-electron chi connectivity index (χ0n) is 24.7. The van der Waals surface area contributed by atoms with Crippen molar-refractivity contribution in [2.24, 2.45) is 10.1 Å². The predicted octanol–water partition coefficient (Wildman–Crippen LogP) is 5.06. The molecule has 2 aromatic rings. The zero-order valence-corrected chi connectivity index (χ0v) is 24.7. The number of hydrogen-bond donors (Lipinski definition) is 2. The van der Waals surface area contributed by atoms with E-state index in [0.717, 1.165) is 23.9 Å². The van der Waals surface area contributed by atoms with Crippen molar-refractivity contribution in [2.75, 3.05) is 25.1 Å². The highest BCUT2D eigenvalue weighted by molar-refractivity contribution is 6.44. The zero-order chi connectivity index (χ0) is 30.6. The van der Waals surface area contributed by atoms with Gasteiger partial charge < -0.3 is 10.1 Å². The Morgan fingerprint density at radius 1 is 1.31 bits per heavy atom. The molecule has 0 radical (unpaired) electrons. The molecular weight excluding hydrogens is 541 g/mol. The summed E-state index contributed by atoms with van der Waals surface area (Å²) in [6.45, 7) is 12.4. The molecule has 0 bridgehead atoms. The van der Waals surface area contributed by atoms with Gasteiger partial charge in [-0.15, -0.1) is 4.99 Å². The molecular formula is C30H40FN7O4. The summed E-state index contributed by atoms with van der Waals surface area (Å²) < 4.78 is 22.6. The maximum atomic E-state index is 15.3. The topological polar surface area (TPSA) is 126 Å². The summed E-state index contributed by atoms with van der Waals surface area (Å²) in [5, 5.41) is 17.7. The van der Waals surface area contributed by atoms with Crippen LogP contribution < -0.4 is 5.43 Å². The van der Waals surface area contributed by atoms with Crippen molar-refractivity contribution in [3.8, 4) is 0 Å². The maximum absolute atomic E-state index is 15.3. The molecule has 226 valence electrons. The first-order valence-corrected chi connectivity index (χ1v) is 13.8. The number of carbonyl (C=O) groups is 1. The summed E-state index contributed by atoms with van der Waals surface area (Å²) in [6, 6.07) is 7.45. The number of hydrogen-bond acceptors (Lipinski definition) is 10. The Morgan fingerprint density at radius 2 is 2.07 bits per heavy atom. The normalized spacial score (nSPS) is 16.4. The van der Waals surface area contributed by atoms with Crippen LogP contribution in [-0.4, -0.2) is 69.7 Å². The molecule has 1 aliphatic heterocycles. The van der Waals surface area contributed by atoms with Gasteiger partial charge in [0.2, 0.25) is 5.78 Å². The van der Waals surface area contributed by atoms with Gasteiger partial charge in [0.15, 0.2) is 5.76 Å². The average Bonchev–Trinajstić information content (AvgIpc) is 3.44. The van der Waals surface area contributed by atoms with Gasteiger partial charge in [0.1, 0.15) is 18.0 Å². The van der Waals surface area contributed by atoms with Crippen LogP contribution in [0.1, 0.15) is 51.7 Å². The third-order valence-corrected chi connectivity index (χ3v) is 6.15. The number of nitrogens with one attached hydrogen (secondary N) is 2. The maximum Gasteiger partial charge on any atom is 0.201 e. The molecule has 2 heterocycles. The van der Waals surface area contributed by atoms with Crippen LogP contribution >= 0.6 is 0 Å². The standard InChI is InChI=1S/C30H40FN7O4/c1-6-28(39)27(36-35-25-19-34-37(7-2)21-25)16-23-9-8-10-24(15-23)18-33-20-26(17-32)40-22-30(31)11-13-38(14-12-30)42-41-29(3,4)5/h6,8-10,15,17-21,32,35H,1,7,11-14,16,22H2,2-5H3/b26-20+,32-17?,33-18?,36-27-. The van der Waals surface area contributed by atoms with E-state index >= 15 is 4.39 Å². The Balaban J connectivity index is 1.56. The predicted molar refractivity (Wildman–Crippen MR) is 161 cm³/mol. The van der Waals surface area contributed by atoms with Crippen molar-refractivity contribution in [3.05, 3.63) is 72.4 Å². The third kappa shape index (κ3) is 10.8. The van der Waals surface area contributed by atoms with Gasteiger partial charge in [-0.25, -0.2) is 9.28 Å². The summed E-state index contributed by atoms with van der Waals surface area (Å²) in [6.07, 6.45) is 9.30. The lowest BCUT2D eigenvalue weighted by Crippen LogP contribution is -2.45. The number of alkyl halides is 1. The van der Waals surface area contributed by atoms with Crippen LogP contribution in [0.15, 0.2) is 71.4 Å². The second kappa shape index (κ2) is 15.3. The minimum absolute atomic E-state index is 0.137. The number of aromatic nitrogens is 2. The first-order valence-electron chi connectivity index (χ1n) is 13.8. The first-order chi connectivity index (χ1) is 20.0. The van der Waals surface area contributed by atoms with Gasteiger partial charge >= 0.3 is 0 Å².